The third-order valence-electron chi connectivity index (χ3n) is 9.03. The lowest BCUT2D eigenvalue weighted by molar-refractivity contribution is 0.670. The Labute approximate surface area is 272 Å². The summed E-state index contributed by atoms with van der Waals surface area (Å²) < 4.78 is 6.41. The Balaban J connectivity index is 1.16. The molecule has 218 valence electrons. The van der Waals surface area contributed by atoms with E-state index >= 15 is 0 Å². The summed E-state index contributed by atoms with van der Waals surface area (Å²) in [6.07, 6.45) is 0. The van der Waals surface area contributed by atoms with E-state index in [0.717, 1.165) is 61.5 Å². The van der Waals surface area contributed by atoms with Crippen molar-refractivity contribution in [3.05, 3.63) is 163 Å². The summed E-state index contributed by atoms with van der Waals surface area (Å²) in [5, 5.41) is 2.32. The number of pyridine rings is 1. The zero-order valence-corrected chi connectivity index (χ0v) is 25.9. The minimum atomic E-state index is 0.927. The van der Waals surface area contributed by atoms with Gasteiger partial charge in [0.1, 0.15) is 11.2 Å². The van der Waals surface area contributed by atoms with Crippen LogP contribution < -0.4 is 0 Å². The molecule has 0 spiro atoms. The van der Waals surface area contributed by atoms with Gasteiger partial charge in [0, 0.05) is 39.0 Å². The second kappa shape index (κ2) is 11.2. The zero-order valence-electron chi connectivity index (χ0n) is 25.1. The lowest BCUT2D eigenvalue weighted by Gasteiger charge is -2.15. The highest BCUT2D eigenvalue weighted by Crippen LogP contribution is 2.42. The largest absolute Gasteiger partial charge is 0.455 e. The van der Waals surface area contributed by atoms with Crippen LogP contribution in [0.2, 0.25) is 0 Å². The Kier molecular flexibility index (Phi) is 6.57. The van der Waals surface area contributed by atoms with Gasteiger partial charge in [-0.3, -0.25) is 0 Å². The number of thioether (sulfide) groups is 1. The molecule has 6 aromatic carbocycles. The van der Waals surface area contributed by atoms with E-state index in [4.69, 9.17) is 9.40 Å². The van der Waals surface area contributed by atoms with Crippen molar-refractivity contribution in [2.45, 2.75) is 11.5 Å². The van der Waals surface area contributed by atoms with Crippen molar-refractivity contribution in [1.82, 2.24) is 4.98 Å². The minimum Gasteiger partial charge on any atom is -0.455 e. The van der Waals surface area contributed by atoms with Crippen molar-refractivity contribution in [3.63, 3.8) is 0 Å². The Hall–Kier alpha value is -5.38. The molecule has 0 amide bonds. The van der Waals surface area contributed by atoms with Crippen LogP contribution in [0.1, 0.15) is 11.1 Å². The second-order valence-corrected chi connectivity index (χ2v) is 12.9. The maximum Gasteiger partial charge on any atom is 0.143 e. The van der Waals surface area contributed by atoms with Crippen molar-refractivity contribution >= 4 is 33.7 Å². The molecular weight excluding hydrogens is 579 g/mol. The van der Waals surface area contributed by atoms with Gasteiger partial charge in [0.25, 0.3) is 0 Å². The van der Waals surface area contributed by atoms with E-state index in [-0.39, 0.29) is 0 Å². The molecule has 8 aromatic rings. The third-order valence-corrected chi connectivity index (χ3v) is 10.1. The summed E-state index contributed by atoms with van der Waals surface area (Å²) >= 11 is 1.98. The molecule has 0 saturated carbocycles. The molecule has 46 heavy (non-hydrogen) atoms. The number of benzene rings is 6. The normalized spacial score (nSPS) is 12.5. The second-order valence-electron chi connectivity index (χ2n) is 11.9. The first-order valence-corrected chi connectivity index (χ1v) is 16.8. The number of para-hydroxylation sites is 2. The predicted octanol–water partition coefficient (Wildman–Crippen LogP) is 12.1. The van der Waals surface area contributed by atoms with E-state index in [0.29, 0.717) is 0 Å². The van der Waals surface area contributed by atoms with Gasteiger partial charge in [0.2, 0.25) is 0 Å². The molecule has 0 atom stereocenters. The standard InChI is InChI=1S/C43H29NOS/c1-3-10-28(11-4-1)40-24-33(25-41(44-40)29-12-5-2-6-13-29)30-20-21-35-34(22-30)27-46-26-32-19-18-31(23-39(32)35)36-15-9-16-38-37-14-7-8-17-42(37)45-43(36)38/h1-25H,26-27H2. The monoisotopic (exact) mass is 607 g/mol. The van der Waals surface area contributed by atoms with Crippen LogP contribution in [0.25, 0.3) is 77.8 Å². The van der Waals surface area contributed by atoms with Crippen LogP contribution in [-0.4, -0.2) is 4.98 Å². The van der Waals surface area contributed by atoms with Crippen LogP contribution in [0.4, 0.5) is 0 Å². The number of rotatable bonds is 4. The molecule has 2 aromatic heterocycles. The van der Waals surface area contributed by atoms with Crippen LogP contribution in [-0.2, 0) is 11.5 Å². The summed E-state index contributed by atoms with van der Waals surface area (Å²) in [6, 6.07) is 54.1. The van der Waals surface area contributed by atoms with E-state index in [1.54, 1.807) is 0 Å². The van der Waals surface area contributed by atoms with Crippen molar-refractivity contribution in [2.75, 3.05) is 0 Å². The number of hydrogen-bond acceptors (Lipinski definition) is 3. The Morgan fingerprint density at radius 1 is 0.435 bits per heavy atom. The Bertz CT molecular complexity index is 2330. The van der Waals surface area contributed by atoms with Gasteiger partial charge in [-0.15, -0.1) is 0 Å². The fourth-order valence-electron chi connectivity index (χ4n) is 6.73. The summed E-state index contributed by atoms with van der Waals surface area (Å²) in [7, 11) is 0. The van der Waals surface area contributed by atoms with E-state index in [2.05, 4.69) is 146 Å². The zero-order chi connectivity index (χ0) is 30.5. The highest BCUT2D eigenvalue weighted by molar-refractivity contribution is 7.97. The molecule has 3 heteroatoms. The third kappa shape index (κ3) is 4.72. The SMILES string of the molecule is c1ccc(-c2cc(-c3ccc4c(c3)CSCc3ccc(-c5cccc6c5oc5ccccc56)cc3-4)cc(-c3ccccc3)n2)cc1. The van der Waals surface area contributed by atoms with Gasteiger partial charge in [-0.05, 0) is 69.3 Å². The van der Waals surface area contributed by atoms with Gasteiger partial charge < -0.3 is 4.42 Å². The number of aromatic nitrogens is 1. The average Bonchev–Trinajstić information content (AvgIpc) is 3.41. The summed E-state index contributed by atoms with van der Waals surface area (Å²) in [4.78, 5) is 5.09. The first-order chi connectivity index (χ1) is 22.8. The first kappa shape index (κ1) is 27.0. The van der Waals surface area contributed by atoms with Crippen LogP contribution in [0.5, 0.6) is 0 Å². The molecule has 3 heterocycles. The van der Waals surface area contributed by atoms with Crippen molar-refractivity contribution in [2.24, 2.45) is 0 Å². The van der Waals surface area contributed by atoms with Gasteiger partial charge >= 0.3 is 0 Å². The predicted molar refractivity (Wildman–Crippen MR) is 194 cm³/mol. The lowest BCUT2D eigenvalue weighted by Crippen LogP contribution is -1.93. The van der Waals surface area contributed by atoms with Gasteiger partial charge in [0.05, 0.1) is 11.4 Å². The number of nitrogens with zero attached hydrogens (tertiary/aromatic N) is 1. The van der Waals surface area contributed by atoms with E-state index in [1.165, 1.54) is 38.9 Å². The molecule has 0 radical (unpaired) electrons. The quantitative estimate of drug-likeness (QED) is 0.199. The summed E-state index contributed by atoms with van der Waals surface area (Å²) in [5.41, 5.74) is 16.1. The van der Waals surface area contributed by atoms with Gasteiger partial charge in [-0.1, -0.05) is 121 Å². The van der Waals surface area contributed by atoms with Crippen molar-refractivity contribution in [1.29, 1.82) is 0 Å². The van der Waals surface area contributed by atoms with Crippen molar-refractivity contribution in [3.8, 4) is 55.9 Å². The fraction of sp³-hybridized carbons (Fsp3) is 0.0465. The molecule has 0 N–H and O–H groups in total. The van der Waals surface area contributed by atoms with E-state index in [1.807, 2.05) is 17.8 Å². The van der Waals surface area contributed by atoms with Crippen LogP contribution in [0.15, 0.2) is 156 Å². The molecule has 0 bridgehead atoms. The number of hydrogen-bond donors (Lipinski definition) is 0. The van der Waals surface area contributed by atoms with Crippen LogP contribution >= 0.6 is 11.8 Å². The van der Waals surface area contributed by atoms with E-state index < -0.39 is 0 Å². The summed E-state index contributed by atoms with van der Waals surface area (Å²) in [5.74, 6) is 1.95. The maximum absolute atomic E-state index is 6.41. The van der Waals surface area contributed by atoms with Gasteiger partial charge in [-0.25, -0.2) is 4.98 Å². The summed E-state index contributed by atoms with van der Waals surface area (Å²) in [6.45, 7) is 0. The van der Waals surface area contributed by atoms with Crippen LogP contribution in [0.3, 0.4) is 0 Å². The molecule has 0 aliphatic carbocycles. The molecule has 2 nitrogen and oxygen atoms in total. The number of furan rings is 1. The molecule has 0 saturated heterocycles. The highest BCUT2D eigenvalue weighted by Gasteiger charge is 2.19. The fourth-order valence-corrected chi connectivity index (χ4v) is 7.76. The Morgan fingerprint density at radius 2 is 1.11 bits per heavy atom. The smallest absolute Gasteiger partial charge is 0.143 e. The van der Waals surface area contributed by atoms with Gasteiger partial charge in [0.15, 0.2) is 0 Å². The number of fused-ring (bicyclic) bond motifs is 6. The maximum atomic E-state index is 6.41. The lowest BCUT2D eigenvalue weighted by atomic mass is 9.90. The topological polar surface area (TPSA) is 26.0 Å². The molecular formula is C43H29NOS. The molecule has 0 unspecified atom stereocenters. The first-order valence-electron chi connectivity index (χ1n) is 15.7. The minimum absolute atomic E-state index is 0.927. The van der Waals surface area contributed by atoms with Crippen LogP contribution in [0, 0.1) is 0 Å². The van der Waals surface area contributed by atoms with Crippen molar-refractivity contribution < 1.29 is 4.42 Å². The molecule has 1 aliphatic rings. The Morgan fingerprint density at radius 3 is 1.89 bits per heavy atom. The average molecular weight is 608 g/mol. The van der Waals surface area contributed by atoms with Gasteiger partial charge in [-0.2, -0.15) is 11.8 Å². The van der Waals surface area contributed by atoms with E-state index in [9.17, 15) is 0 Å². The molecule has 0 fully saturated rings. The highest BCUT2D eigenvalue weighted by atomic mass is 32.2. The molecule has 9 rings (SSSR count). The molecule has 1 aliphatic heterocycles.